The second-order valence-electron chi connectivity index (χ2n) is 4.35. The minimum Gasteiger partial charge on any atom is -0.300 e. The van der Waals surface area contributed by atoms with Gasteiger partial charge in [-0.05, 0) is 25.6 Å². The predicted molar refractivity (Wildman–Crippen MR) is 65.3 cm³/mol. The summed E-state index contributed by atoms with van der Waals surface area (Å²) in [5, 5.41) is 0. The summed E-state index contributed by atoms with van der Waals surface area (Å²) < 4.78 is 0. The number of nitrogens with zero attached hydrogens (tertiary/aromatic N) is 4. The Kier molecular flexibility index (Phi) is 2.57. The van der Waals surface area contributed by atoms with Crippen molar-refractivity contribution in [3.05, 3.63) is 42.0 Å². The molecule has 86 valence electrons. The molecule has 0 saturated carbocycles. The van der Waals surface area contributed by atoms with Gasteiger partial charge in [0.1, 0.15) is 6.33 Å². The van der Waals surface area contributed by atoms with Crippen molar-refractivity contribution in [1.82, 2.24) is 19.9 Å². The zero-order chi connectivity index (χ0) is 11.7. The van der Waals surface area contributed by atoms with Crippen molar-refractivity contribution in [2.75, 3.05) is 13.6 Å². The van der Waals surface area contributed by atoms with Gasteiger partial charge in [-0.1, -0.05) is 6.07 Å². The molecule has 0 saturated heterocycles. The van der Waals surface area contributed by atoms with Crippen LogP contribution < -0.4 is 0 Å². The van der Waals surface area contributed by atoms with Crippen LogP contribution in [0.4, 0.5) is 0 Å². The second-order valence-corrected chi connectivity index (χ2v) is 4.35. The van der Waals surface area contributed by atoms with E-state index in [0.29, 0.717) is 0 Å². The summed E-state index contributed by atoms with van der Waals surface area (Å²) in [5.74, 6) is 0. The predicted octanol–water partition coefficient (Wildman–Crippen LogP) is 1.53. The van der Waals surface area contributed by atoms with Crippen LogP contribution in [-0.2, 0) is 13.0 Å². The van der Waals surface area contributed by atoms with Crippen LogP contribution >= 0.6 is 0 Å². The van der Waals surface area contributed by atoms with Crippen molar-refractivity contribution in [3.8, 4) is 11.4 Å². The van der Waals surface area contributed by atoms with E-state index in [9.17, 15) is 0 Å². The van der Waals surface area contributed by atoms with E-state index in [1.165, 1.54) is 5.56 Å². The number of hydrogen-bond acceptors (Lipinski definition) is 4. The van der Waals surface area contributed by atoms with Crippen molar-refractivity contribution in [3.63, 3.8) is 0 Å². The van der Waals surface area contributed by atoms with Crippen LogP contribution in [0.5, 0.6) is 0 Å². The molecule has 3 rings (SSSR count). The molecule has 0 atom stereocenters. The molecule has 3 heterocycles. The van der Waals surface area contributed by atoms with Crippen LogP contribution in [0.15, 0.2) is 30.7 Å². The average molecular weight is 226 g/mol. The Hall–Kier alpha value is -1.81. The first-order chi connectivity index (χ1) is 8.34. The quantitative estimate of drug-likeness (QED) is 0.739. The smallest absolute Gasteiger partial charge is 0.116 e. The monoisotopic (exact) mass is 226 g/mol. The molecule has 4 heteroatoms. The molecule has 0 amide bonds. The van der Waals surface area contributed by atoms with E-state index in [1.807, 2.05) is 18.2 Å². The molecule has 2 aromatic heterocycles. The van der Waals surface area contributed by atoms with E-state index in [2.05, 4.69) is 26.9 Å². The van der Waals surface area contributed by atoms with Gasteiger partial charge in [-0.15, -0.1) is 0 Å². The number of fused-ring (bicyclic) bond motifs is 1. The molecule has 0 aromatic carbocycles. The van der Waals surface area contributed by atoms with Crippen molar-refractivity contribution in [2.24, 2.45) is 0 Å². The van der Waals surface area contributed by atoms with Crippen LogP contribution in [0, 0.1) is 0 Å². The van der Waals surface area contributed by atoms with Gasteiger partial charge in [0.2, 0.25) is 0 Å². The topological polar surface area (TPSA) is 41.9 Å². The third kappa shape index (κ3) is 1.91. The van der Waals surface area contributed by atoms with Gasteiger partial charge in [-0.25, -0.2) is 9.97 Å². The normalized spacial score (nSPS) is 15.6. The lowest BCUT2D eigenvalue weighted by atomic mass is 10.0. The number of likely N-dealkylation sites (N-methyl/N-ethyl adjacent to an activating group) is 1. The Morgan fingerprint density at radius 2 is 2.12 bits per heavy atom. The van der Waals surface area contributed by atoms with Gasteiger partial charge in [-0.3, -0.25) is 4.98 Å². The number of hydrogen-bond donors (Lipinski definition) is 0. The Labute approximate surface area is 100 Å². The van der Waals surface area contributed by atoms with E-state index in [1.54, 1.807) is 12.5 Å². The second kappa shape index (κ2) is 4.22. The maximum Gasteiger partial charge on any atom is 0.116 e. The lowest BCUT2D eigenvalue weighted by molar-refractivity contribution is 0.307. The summed E-state index contributed by atoms with van der Waals surface area (Å²) in [6, 6.07) is 5.91. The molecule has 0 spiro atoms. The largest absolute Gasteiger partial charge is 0.300 e. The van der Waals surface area contributed by atoms with E-state index in [0.717, 1.165) is 36.6 Å². The summed E-state index contributed by atoms with van der Waals surface area (Å²) in [6.45, 7) is 1.96. The van der Waals surface area contributed by atoms with Crippen LogP contribution in [0.1, 0.15) is 11.3 Å². The fourth-order valence-electron chi connectivity index (χ4n) is 2.21. The number of pyridine rings is 1. The fraction of sp³-hybridized carbons (Fsp3) is 0.308. The van der Waals surface area contributed by atoms with Crippen LogP contribution in [0.2, 0.25) is 0 Å². The summed E-state index contributed by atoms with van der Waals surface area (Å²) in [6.07, 6.45) is 4.44. The molecule has 1 aliphatic heterocycles. The molecule has 0 bridgehead atoms. The molecule has 0 fully saturated rings. The minimum absolute atomic E-state index is 0.900. The van der Waals surface area contributed by atoms with Gasteiger partial charge in [0.15, 0.2) is 0 Å². The molecule has 4 nitrogen and oxygen atoms in total. The fourth-order valence-corrected chi connectivity index (χ4v) is 2.21. The average Bonchev–Trinajstić information content (AvgIpc) is 2.39. The van der Waals surface area contributed by atoms with E-state index >= 15 is 0 Å². The zero-order valence-electron chi connectivity index (χ0n) is 9.80. The lowest BCUT2D eigenvalue weighted by Gasteiger charge is -2.24. The molecule has 2 aromatic rings. The highest BCUT2D eigenvalue weighted by atomic mass is 15.1. The van der Waals surface area contributed by atoms with Gasteiger partial charge < -0.3 is 4.90 Å². The SMILES string of the molecule is CN1CCc2c(ncnc2-c2ccccn2)C1. The highest BCUT2D eigenvalue weighted by Gasteiger charge is 2.19. The van der Waals surface area contributed by atoms with Gasteiger partial charge in [0.25, 0.3) is 0 Å². The summed E-state index contributed by atoms with van der Waals surface area (Å²) in [5.41, 5.74) is 4.32. The van der Waals surface area contributed by atoms with Crippen LogP contribution in [0.3, 0.4) is 0 Å². The van der Waals surface area contributed by atoms with Gasteiger partial charge in [0, 0.05) is 24.8 Å². The molecule has 0 aliphatic carbocycles. The molecule has 17 heavy (non-hydrogen) atoms. The van der Waals surface area contributed by atoms with Crippen LogP contribution in [0.25, 0.3) is 11.4 Å². The number of rotatable bonds is 1. The summed E-state index contributed by atoms with van der Waals surface area (Å²) in [4.78, 5) is 15.4. The molecule has 1 aliphatic rings. The van der Waals surface area contributed by atoms with Crippen molar-refractivity contribution in [1.29, 1.82) is 0 Å². The first-order valence-electron chi connectivity index (χ1n) is 5.77. The molecule has 0 unspecified atom stereocenters. The molecular formula is C13H14N4. The molecule has 0 radical (unpaired) electrons. The van der Waals surface area contributed by atoms with Gasteiger partial charge in [-0.2, -0.15) is 0 Å². The summed E-state index contributed by atoms with van der Waals surface area (Å²) in [7, 11) is 2.12. The van der Waals surface area contributed by atoms with Crippen molar-refractivity contribution >= 4 is 0 Å². The van der Waals surface area contributed by atoms with Gasteiger partial charge in [0.05, 0.1) is 17.1 Å². The van der Waals surface area contributed by atoms with Crippen molar-refractivity contribution in [2.45, 2.75) is 13.0 Å². The van der Waals surface area contributed by atoms with Gasteiger partial charge >= 0.3 is 0 Å². The molecule has 0 N–H and O–H groups in total. The first kappa shape index (κ1) is 10.4. The van der Waals surface area contributed by atoms with E-state index in [4.69, 9.17) is 0 Å². The Morgan fingerprint density at radius 1 is 1.18 bits per heavy atom. The lowest BCUT2D eigenvalue weighted by Crippen LogP contribution is -2.28. The first-order valence-corrected chi connectivity index (χ1v) is 5.77. The van der Waals surface area contributed by atoms with E-state index < -0.39 is 0 Å². The maximum atomic E-state index is 4.40. The third-order valence-corrected chi connectivity index (χ3v) is 3.11. The standard InChI is InChI=1S/C13H14N4/c1-17-7-5-10-12(8-17)15-9-16-13(10)11-4-2-3-6-14-11/h2-4,6,9H,5,7-8H2,1H3. The highest BCUT2D eigenvalue weighted by Crippen LogP contribution is 2.24. The molecular weight excluding hydrogens is 212 g/mol. The van der Waals surface area contributed by atoms with Crippen LogP contribution in [-0.4, -0.2) is 33.4 Å². The number of aromatic nitrogens is 3. The summed E-state index contributed by atoms with van der Waals surface area (Å²) >= 11 is 0. The Bertz CT molecular complexity index is 524. The maximum absolute atomic E-state index is 4.40. The van der Waals surface area contributed by atoms with Crippen molar-refractivity contribution < 1.29 is 0 Å². The van der Waals surface area contributed by atoms with E-state index in [-0.39, 0.29) is 0 Å². The minimum atomic E-state index is 0.900. The Morgan fingerprint density at radius 3 is 2.94 bits per heavy atom. The Balaban J connectivity index is 2.10. The third-order valence-electron chi connectivity index (χ3n) is 3.11. The zero-order valence-corrected chi connectivity index (χ0v) is 9.80. The highest BCUT2D eigenvalue weighted by molar-refractivity contribution is 5.59.